The lowest BCUT2D eigenvalue weighted by Gasteiger charge is -2.18. The van der Waals surface area contributed by atoms with Crippen molar-refractivity contribution in [1.82, 2.24) is 10.6 Å². The second-order valence-corrected chi connectivity index (χ2v) is 6.13. The zero-order valence-corrected chi connectivity index (χ0v) is 13.7. The zero-order chi connectivity index (χ0) is 17.4. The van der Waals surface area contributed by atoms with Gasteiger partial charge in [0.05, 0.1) is 6.04 Å². The van der Waals surface area contributed by atoms with E-state index in [2.05, 4.69) is 10.6 Å². The maximum absolute atomic E-state index is 12.1. The Kier molecular flexibility index (Phi) is 6.78. The molecule has 130 valence electrons. The average Bonchev–Trinajstić information content (AvgIpc) is 3.41. The SMILES string of the molecule is O=C(O)CCC(NC(=O)CCCNC(=O)C1CC1)c1ccccc1. The van der Waals surface area contributed by atoms with Crippen LogP contribution in [0.1, 0.15) is 50.1 Å². The number of carboxylic acids is 1. The fourth-order valence-corrected chi connectivity index (χ4v) is 2.49. The summed E-state index contributed by atoms with van der Waals surface area (Å²) in [5, 5.41) is 14.6. The number of hydrogen-bond donors (Lipinski definition) is 3. The second kappa shape index (κ2) is 9.05. The molecule has 24 heavy (non-hydrogen) atoms. The van der Waals surface area contributed by atoms with Crippen LogP contribution >= 0.6 is 0 Å². The molecular weight excluding hydrogens is 308 g/mol. The number of carbonyl (C=O) groups is 3. The lowest BCUT2D eigenvalue weighted by molar-refractivity contribution is -0.137. The van der Waals surface area contributed by atoms with Crippen molar-refractivity contribution in [2.45, 2.75) is 44.6 Å². The van der Waals surface area contributed by atoms with Crippen LogP contribution in [0.4, 0.5) is 0 Å². The molecule has 2 rings (SSSR count). The Hall–Kier alpha value is -2.37. The number of rotatable bonds is 10. The second-order valence-electron chi connectivity index (χ2n) is 6.13. The highest BCUT2D eigenvalue weighted by molar-refractivity contribution is 5.81. The van der Waals surface area contributed by atoms with Gasteiger partial charge in [0.1, 0.15) is 0 Å². The van der Waals surface area contributed by atoms with Crippen molar-refractivity contribution in [2.24, 2.45) is 5.92 Å². The number of hydrogen-bond acceptors (Lipinski definition) is 3. The van der Waals surface area contributed by atoms with Crippen molar-refractivity contribution < 1.29 is 19.5 Å². The van der Waals surface area contributed by atoms with Crippen LogP contribution in [-0.2, 0) is 14.4 Å². The van der Waals surface area contributed by atoms with E-state index in [1.54, 1.807) is 0 Å². The summed E-state index contributed by atoms with van der Waals surface area (Å²) in [7, 11) is 0. The quantitative estimate of drug-likeness (QED) is 0.571. The summed E-state index contributed by atoms with van der Waals surface area (Å²) in [6.45, 7) is 0.494. The summed E-state index contributed by atoms with van der Waals surface area (Å²) < 4.78 is 0. The first kappa shape index (κ1) is 18.0. The molecule has 1 saturated carbocycles. The molecule has 0 heterocycles. The molecule has 3 N–H and O–H groups in total. The van der Waals surface area contributed by atoms with Gasteiger partial charge in [0.25, 0.3) is 0 Å². The Morgan fingerprint density at radius 1 is 1.12 bits per heavy atom. The monoisotopic (exact) mass is 332 g/mol. The normalized spacial score (nSPS) is 14.7. The Morgan fingerprint density at radius 2 is 1.83 bits per heavy atom. The molecule has 6 heteroatoms. The van der Waals surface area contributed by atoms with Gasteiger partial charge < -0.3 is 15.7 Å². The van der Waals surface area contributed by atoms with Gasteiger partial charge in [-0.15, -0.1) is 0 Å². The molecule has 0 bridgehead atoms. The summed E-state index contributed by atoms with van der Waals surface area (Å²) in [4.78, 5) is 34.4. The summed E-state index contributed by atoms with van der Waals surface area (Å²) in [5.41, 5.74) is 0.897. The first-order valence-electron chi connectivity index (χ1n) is 8.40. The summed E-state index contributed by atoms with van der Waals surface area (Å²) in [6.07, 6.45) is 3.16. The maximum Gasteiger partial charge on any atom is 0.303 e. The number of carbonyl (C=O) groups excluding carboxylic acids is 2. The Labute approximate surface area is 141 Å². The molecule has 1 aromatic rings. The van der Waals surface area contributed by atoms with Crippen molar-refractivity contribution in [2.75, 3.05) is 6.54 Å². The summed E-state index contributed by atoms with van der Waals surface area (Å²) >= 11 is 0. The van der Waals surface area contributed by atoms with E-state index in [0.29, 0.717) is 25.8 Å². The van der Waals surface area contributed by atoms with Crippen LogP contribution < -0.4 is 10.6 Å². The minimum atomic E-state index is -0.882. The molecule has 0 spiro atoms. The van der Waals surface area contributed by atoms with E-state index < -0.39 is 5.97 Å². The van der Waals surface area contributed by atoms with E-state index >= 15 is 0 Å². The fourth-order valence-electron chi connectivity index (χ4n) is 2.49. The third-order valence-corrected chi connectivity index (χ3v) is 4.01. The fraction of sp³-hybridized carbons (Fsp3) is 0.500. The van der Waals surface area contributed by atoms with Crippen molar-refractivity contribution in [3.05, 3.63) is 35.9 Å². The van der Waals surface area contributed by atoms with Crippen molar-refractivity contribution >= 4 is 17.8 Å². The van der Waals surface area contributed by atoms with Gasteiger partial charge in [-0.3, -0.25) is 14.4 Å². The molecule has 0 radical (unpaired) electrons. The topological polar surface area (TPSA) is 95.5 Å². The molecule has 1 unspecified atom stereocenters. The molecule has 1 aromatic carbocycles. The van der Waals surface area contributed by atoms with Gasteiger partial charge in [-0.2, -0.15) is 0 Å². The number of nitrogens with one attached hydrogen (secondary N) is 2. The summed E-state index contributed by atoms with van der Waals surface area (Å²) in [5.74, 6) is -0.751. The molecular formula is C18H24N2O4. The van der Waals surface area contributed by atoms with Crippen LogP contribution in [0.3, 0.4) is 0 Å². The predicted molar refractivity (Wildman–Crippen MR) is 89.2 cm³/mol. The molecule has 0 aromatic heterocycles. The van der Waals surface area contributed by atoms with Crippen LogP contribution in [0.25, 0.3) is 0 Å². The lowest BCUT2D eigenvalue weighted by atomic mass is 10.0. The molecule has 6 nitrogen and oxygen atoms in total. The van der Waals surface area contributed by atoms with Crippen LogP contribution in [0.2, 0.25) is 0 Å². The average molecular weight is 332 g/mol. The zero-order valence-electron chi connectivity index (χ0n) is 13.7. The van der Waals surface area contributed by atoms with Crippen LogP contribution in [0, 0.1) is 5.92 Å². The van der Waals surface area contributed by atoms with Crippen molar-refractivity contribution in [1.29, 1.82) is 0 Å². The predicted octanol–water partition coefficient (Wildman–Crippen LogP) is 2.02. The van der Waals surface area contributed by atoms with Gasteiger partial charge in [-0.25, -0.2) is 0 Å². The highest BCUT2D eigenvalue weighted by Crippen LogP contribution is 2.28. The van der Waals surface area contributed by atoms with Crippen LogP contribution in [0.15, 0.2) is 30.3 Å². The smallest absolute Gasteiger partial charge is 0.303 e. The minimum Gasteiger partial charge on any atom is -0.481 e. The molecule has 1 atom stereocenters. The number of carboxylic acid groups (broad SMARTS) is 1. The van der Waals surface area contributed by atoms with Gasteiger partial charge in [-0.1, -0.05) is 30.3 Å². The van der Waals surface area contributed by atoms with Crippen LogP contribution in [-0.4, -0.2) is 29.4 Å². The van der Waals surface area contributed by atoms with Gasteiger partial charge in [0.15, 0.2) is 0 Å². The number of amides is 2. The highest BCUT2D eigenvalue weighted by atomic mass is 16.4. The van der Waals surface area contributed by atoms with E-state index in [1.807, 2.05) is 30.3 Å². The van der Waals surface area contributed by atoms with Gasteiger partial charge in [-0.05, 0) is 31.2 Å². The van der Waals surface area contributed by atoms with E-state index in [0.717, 1.165) is 18.4 Å². The Morgan fingerprint density at radius 3 is 2.46 bits per heavy atom. The largest absolute Gasteiger partial charge is 0.481 e. The Balaban J connectivity index is 1.75. The van der Waals surface area contributed by atoms with Gasteiger partial charge in [0.2, 0.25) is 11.8 Å². The molecule has 1 aliphatic rings. The molecule has 0 aliphatic heterocycles. The van der Waals surface area contributed by atoms with Crippen molar-refractivity contribution in [3.63, 3.8) is 0 Å². The molecule has 1 fully saturated rings. The third-order valence-electron chi connectivity index (χ3n) is 4.01. The van der Waals surface area contributed by atoms with Gasteiger partial charge in [0, 0.05) is 25.3 Å². The molecule has 1 aliphatic carbocycles. The highest BCUT2D eigenvalue weighted by Gasteiger charge is 2.29. The third kappa shape index (κ3) is 6.40. The standard InChI is InChI=1S/C18H24N2O4/c21-16(7-4-12-19-18(24)14-8-9-14)20-15(10-11-17(22)23)13-5-2-1-3-6-13/h1-3,5-6,14-15H,4,7-12H2,(H,19,24)(H,20,21)(H,22,23). The van der Waals surface area contributed by atoms with E-state index in [4.69, 9.17) is 5.11 Å². The first-order valence-corrected chi connectivity index (χ1v) is 8.40. The van der Waals surface area contributed by atoms with E-state index in [1.165, 1.54) is 0 Å². The lowest BCUT2D eigenvalue weighted by Crippen LogP contribution is -2.30. The Bertz CT molecular complexity index is 570. The molecule has 0 saturated heterocycles. The number of aliphatic carboxylic acids is 1. The minimum absolute atomic E-state index is 0.00269. The summed E-state index contributed by atoms with van der Waals surface area (Å²) in [6, 6.07) is 9.05. The maximum atomic E-state index is 12.1. The van der Waals surface area contributed by atoms with Crippen molar-refractivity contribution in [3.8, 4) is 0 Å². The molecule has 2 amide bonds. The van der Waals surface area contributed by atoms with E-state index in [9.17, 15) is 14.4 Å². The first-order chi connectivity index (χ1) is 11.6. The number of benzene rings is 1. The van der Waals surface area contributed by atoms with Gasteiger partial charge >= 0.3 is 5.97 Å². The van der Waals surface area contributed by atoms with Crippen LogP contribution in [0.5, 0.6) is 0 Å². The van der Waals surface area contributed by atoms with E-state index in [-0.39, 0.29) is 30.2 Å².